The average molecular weight is 382 g/mol. The van der Waals surface area contributed by atoms with Crippen LogP contribution in [0.2, 0.25) is 0 Å². The first-order chi connectivity index (χ1) is 13.2. The van der Waals surface area contributed by atoms with Crippen LogP contribution in [-0.2, 0) is 0 Å². The number of aliphatic hydroxyl groups is 1. The maximum Gasteiger partial charge on any atom is 0.315 e. The predicted molar refractivity (Wildman–Crippen MR) is 108 cm³/mol. The lowest BCUT2D eigenvalue weighted by Crippen LogP contribution is -2.39. The van der Waals surface area contributed by atoms with Crippen molar-refractivity contribution < 1.29 is 14.6 Å². The van der Waals surface area contributed by atoms with Gasteiger partial charge in [0.2, 0.25) is 0 Å². The summed E-state index contributed by atoms with van der Waals surface area (Å²) in [4.78, 5) is 13.0. The lowest BCUT2D eigenvalue weighted by atomic mass is 10.1. The standard InChI is InChI=1S/C21H22N2O3S/c24-19(16-8-10-17(11-9-16)20-7-4-14-27-20)15-23-21(25)22-12-13-26-18-5-2-1-3-6-18/h1-11,14,19,24H,12-13,15H2,(H2,22,23,25). The van der Waals surface area contributed by atoms with Crippen molar-refractivity contribution in [1.29, 1.82) is 0 Å². The molecule has 0 aliphatic rings. The number of benzene rings is 2. The Labute approximate surface area is 162 Å². The molecule has 1 heterocycles. The summed E-state index contributed by atoms with van der Waals surface area (Å²) in [6.07, 6.45) is -0.756. The van der Waals surface area contributed by atoms with Gasteiger partial charge in [0, 0.05) is 11.4 Å². The Bertz CT molecular complexity index is 820. The van der Waals surface area contributed by atoms with E-state index >= 15 is 0 Å². The van der Waals surface area contributed by atoms with Crippen LogP contribution in [-0.4, -0.2) is 30.8 Å². The Morgan fingerprint density at radius 3 is 2.48 bits per heavy atom. The van der Waals surface area contributed by atoms with Gasteiger partial charge in [-0.25, -0.2) is 4.79 Å². The average Bonchev–Trinajstić information content (AvgIpc) is 3.25. The van der Waals surface area contributed by atoms with E-state index in [-0.39, 0.29) is 12.6 Å². The van der Waals surface area contributed by atoms with Gasteiger partial charge >= 0.3 is 6.03 Å². The number of ether oxygens (including phenoxy) is 1. The molecule has 2 amide bonds. The fraction of sp³-hybridized carbons (Fsp3) is 0.190. The first-order valence-electron chi connectivity index (χ1n) is 8.74. The molecule has 1 unspecified atom stereocenters. The number of hydrogen-bond acceptors (Lipinski definition) is 4. The lowest BCUT2D eigenvalue weighted by Gasteiger charge is -2.13. The van der Waals surface area contributed by atoms with Gasteiger partial charge in [-0.1, -0.05) is 48.5 Å². The van der Waals surface area contributed by atoms with Crippen molar-refractivity contribution in [2.45, 2.75) is 6.10 Å². The van der Waals surface area contributed by atoms with Crippen LogP contribution in [0.5, 0.6) is 5.75 Å². The van der Waals surface area contributed by atoms with Gasteiger partial charge in [-0.2, -0.15) is 0 Å². The summed E-state index contributed by atoms with van der Waals surface area (Å²) >= 11 is 1.67. The number of aliphatic hydroxyl groups excluding tert-OH is 1. The second kappa shape index (κ2) is 9.75. The summed E-state index contributed by atoms with van der Waals surface area (Å²) in [6, 6.07) is 20.9. The summed E-state index contributed by atoms with van der Waals surface area (Å²) < 4.78 is 5.50. The number of amides is 2. The highest BCUT2D eigenvalue weighted by Gasteiger charge is 2.10. The van der Waals surface area contributed by atoms with Crippen LogP contribution in [0.25, 0.3) is 10.4 Å². The SMILES string of the molecule is O=C(NCCOc1ccccc1)NCC(O)c1ccc(-c2cccs2)cc1. The van der Waals surface area contributed by atoms with Gasteiger partial charge in [0.15, 0.2) is 0 Å². The third-order valence-electron chi connectivity index (χ3n) is 3.96. The molecule has 1 aromatic heterocycles. The van der Waals surface area contributed by atoms with Gasteiger partial charge in [0.05, 0.1) is 12.6 Å². The van der Waals surface area contributed by atoms with Crippen molar-refractivity contribution in [3.8, 4) is 16.2 Å². The Morgan fingerprint density at radius 2 is 1.78 bits per heavy atom. The molecule has 3 aromatic rings. The van der Waals surface area contributed by atoms with Crippen molar-refractivity contribution in [1.82, 2.24) is 10.6 Å². The van der Waals surface area contributed by atoms with Crippen LogP contribution in [0, 0.1) is 0 Å². The van der Waals surface area contributed by atoms with Gasteiger partial charge in [-0.05, 0) is 34.7 Å². The first kappa shape index (κ1) is 18.9. The second-order valence-electron chi connectivity index (χ2n) is 5.91. The Kier molecular flexibility index (Phi) is 6.84. The highest BCUT2D eigenvalue weighted by Crippen LogP contribution is 2.25. The Hall–Kier alpha value is -2.83. The number of para-hydroxylation sites is 1. The number of rotatable bonds is 8. The monoisotopic (exact) mass is 382 g/mol. The fourth-order valence-electron chi connectivity index (χ4n) is 2.53. The van der Waals surface area contributed by atoms with E-state index in [4.69, 9.17) is 4.74 Å². The second-order valence-corrected chi connectivity index (χ2v) is 6.86. The van der Waals surface area contributed by atoms with Crippen molar-refractivity contribution in [3.05, 3.63) is 77.7 Å². The maximum absolute atomic E-state index is 11.8. The third-order valence-corrected chi connectivity index (χ3v) is 4.88. The maximum atomic E-state index is 11.8. The van der Waals surface area contributed by atoms with Gasteiger partial charge in [-0.15, -0.1) is 11.3 Å². The summed E-state index contributed by atoms with van der Waals surface area (Å²) in [5.74, 6) is 0.765. The van der Waals surface area contributed by atoms with Gasteiger partial charge < -0.3 is 20.5 Å². The summed E-state index contributed by atoms with van der Waals surface area (Å²) in [5, 5.41) is 17.7. The molecule has 0 saturated heterocycles. The zero-order valence-electron chi connectivity index (χ0n) is 14.8. The molecule has 2 aromatic carbocycles. The fourth-order valence-corrected chi connectivity index (χ4v) is 3.27. The van der Waals surface area contributed by atoms with E-state index in [1.54, 1.807) is 11.3 Å². The predicted octanol–water partition coefficient (Wildman–Crippen LogP) is 3.83. The zero-order chi connectivity index (χ0) is 18.9. The quantitative estimate of drug-likeness (QED) is 0.519. The molecule has 6 heteroatoms. The van der Waals surface area contributed by atoms with E-state index < -0.39 is 6.10 Å². The molecule has 0 bridgehead atoms. The van der Waals surface area contributed by atoms with Crippen molar-refractivity contribution in [2.24, 2.45) is 0 Å². The molecule has 0 aliphatic heterocycles. The molecule has 5 nitrogen and oxygen atoms in total. The van der Waals surface area contributed by atoms with E-state index in [2.05, 4.69) is 16.7 Å². The third kappa shape index (κ3) is 5.84. The molecular formula is C21H22N2O3S. The Morgan fingerprint density at radius 1 is 1.00 bits per heavy atom. The number of hydrogen-bond donors (Lipinski definition) is 3. The highest BCUT2D eigenvalue weighted by molar-refractivity contribution is 7.13. The highest BCUT2D eigenvalue weighted by atomic mass is 32.1. The van der Waals surface area contributed by atoms with Crippen molar-refractivity contribution >= 4 is 17.4 Å². The minimum absolute atomic E-state index is 0.143. The molecule has 3 N–H and O–H groups in total. The van der Waals surface area contributed by atoms with Crippen LogP contribution in [0.3, 0.4) is 0 Å². The number of nitrogens with one attached hydrogen (secondary N) is 2. The van der Waals surface area contributed by atoms with Gasteiger partial charge in [-0.3, -0.25) is 0 Å². The molecule has 140 valence electrons. The van der Waals surface area contributed by atoms with Gasteiger partial charge in [0.1, 0.15) is 12.4 Å². The van der Waals surface area contributed by atoms with E-state index in [9.17, 15) is 9.90 Å². The summed E-state index contributed by atoms with van der Waals surface area (Å²) in [7, 11) is 0. The van der Waals surface area contributed by atoms with Crippen LogP contribution < -0.4 is 15.4 Å². The van der Waals surface area contributed by atoms with Crippen LogP contribution in [0.15, 0.2) is 72.1 Å². The number of carbonyl (C=O) groups is 1. The van der Waals surface area contributed by atoms with Crippen molar-refractivity contribution in [3.63, 3.8) is 0 Å². The minimum atomic E-state index is -0.756. The van der Waals surface area contributed by atoms with E-state index in [1.165, 1.54) is 4.88 Å². The molecule has 0 radical (unpaired) electrons. The molecule has 0 spiro atoms. The molecular weight excluding hydrogens is 360 g/mol. The van der Waals surface area contributed by atoms with E-state index in [1.807, 2.05) is 66.0 Å². The van der Waals surface area contributed by atoms with E-state index in [0.717, 1.165) is 16.9 Å². The van der Waals surface area contributed by atoms with Crippen LogP contribution >= 0.6 is 11.3 Å². The summed E-state index contributed by atoms with van der Waals surface area (Å²) in [6.45, 7) is 0.903. The van der Waals surface area contributed by atoms with E-state index in [0.29, 0.717) is 13.2 Å². The smallest absolute Gasteiger partial charge is 0.315 e. The largest absolute Gasteiger partial charge is 0.492 e. The molecule has 0 saturated carbocycles. The normalized spacial score (nSPS) is 11.6. The van der Waals surface area contributed by atoms with Crippen molar-refractivity contribution in [2.75, 3.05) is 19.7 Å². The minimum Gasteiger partial charge on any atom is -0.492 e. The molecule has 3 rings (SSSR count). The lowest BCUT2D eigenvalue weighted by molar-refractivity contribution is 0.173. The summed E-state index contributed by atoms with van der Waals surface area (Å²) in [5.41, 5.74) is 1.88. The molecule has 1 atom stereocenters. The zero-order valence-corrected chi connectivity index (χ0v) is 15.6. The molecule has 0 aliphatic carbocycles. The van der Waals surface area contributed by atoms with Crippen LogP contribution in [0.1, 0.15) is 11.7 Å². The van der Waals surface area contributed by atoms with Gasteiger partial charge in [0.25, 0.3) is 0 Å². The molecule has 27 heavy (non-hydrogen) atoms. The number of thiophene rings is 1. The first-order valence-corrected chi connectivity index (χ1v) is 9.62. The van der Waals surface area contributed by atoms with Crippen LogP contribution in [0.4, 0.5) is 4.79 Å². The Balaban J connectivity index is 1.37. The topological polar surface area (TPSA) is 70.6 Å². The molecule has 0 fully saturated rings. The number of urea groups is 1. The number of carbonyl (C=O) groups excluding carboxylic acids is 1.